The maximum Gasteiger partial charge on any atom is 0.163 e. The van der Waals surface area contributed by atoms with Crippen LogP contribution in [0.4, 0.5) is 0 Å². The van der Waals surface area contributed by atoms with Crippen LogP contribution in [0.1, 0.15) is 80.5 Å². The summed E-state index contributed by atoms with van der Waals surface area (Å²) in [6.45, 7) is 9.48. The number of imidazole rings is 1. The highest BCUT2D eigenvalue weighted by Gasteiger charge is 2.21. The number of hydrogen-bond acceptors (Lipinski definition) is 4. The summed E-state index contributed by atoms with van der Waals surface area (Å²) in [6.07, 6.45) is 4.47. The fourth-order valence-electron chi connectivity index (χ4n) is 4.57. The Bertz CT molecular complexity index is 971. The second-order valence-electron chi connectivity index (χ2n) is 8.91. The molecule has 0 spiro atoms. The Balaban J connectivity index is 1.93. The molecule has 0 aliphatic rings. The summed E-state index contributed by atoms with van der Waals surface area (Å²) in [5.74, 6) is 2.07. The van der Waals surface area contributed by atoms with Gasteiger partial charge in [-0.2, -0.15) is 0 Å². The fourth-order valence-corrected chi connectivity index (χ4v) is 5.27. The zero-order chi connectivity index (χ0) is 22.4. The number of methoxy groups -OCH3 is 1. The summed E-state index contributed by atoms with van der Waals surface area (Å²) >= 11 is 1.77. The summed E-state index contributed by atoms with van der Waals surface area (Å²) in [5.41, 5.74) is 2.82. The van der Waals surface area contributed by atoms with Crippen LogP contribution in [0.3, 0.4) is 0 Å². The van der Waals surface area contributed by atoms with E-state index in [1.54, 1.807) is 18.4 Å². The van der Waals surface area contributed by atoms with Crippen LogP contribution in [-0.4, -0.2) is 29.1 Å². The predicted octanol–water partition coefficient (Wildman–Crippen LogP) is 6.93. The van der Waals surface area contributed by atoms with E-state index in [0.29, 0.717) is 25.0 Å². The van der Waals surface area contributed by atoms with E-state index in [-0.39, 0.29) is 11.7 Å². The molecule has 2 heterocycles. The molecule has 0 bridgehead atoms. The van der Waals surface area contributed by atoms with Crippen LogP contribution in [0.15, 0.2) is 35.7 Å². The van der Waals surface area contributed by atoms with Gasteiger partial charge in [-0.3, -0.25) is 4.79 Å². The maximum absolute atomic E-state index is 13.1. The average molecular weight is 441 g/mol. The van der Waals surface area contributed by atoms with Crippen molar-refractivity contribution in [1.82, 2.24) is 9.55 Å². The first-order valence-corrected chi connectivity index (χ1v) is 12.4. The lowest BCUT2D eigenvalue weighted by molar-refractivity contribution is 0.0886. The van der Waals surface area contributed by atoms with Crippen molar-refractivity contribution in [1.29, 1.82) is 0 Å². The number of ether oxygens (including phenoxy) is 1. The Morgan fingerprint density at radius 2 is 1.97 bits per heavy atom. The van der Waals surface area contributed by atoms with E-state index >= 15 is 0 Å². The number of thiophene rings is 1. The molecule has 1 aromatic carbocycles. The Kier molecular flexibility index (Phi) is 8.44. The highest BCUT2D eigenvalue weighted by Crippen LogP contribution is 2.29. The minimum atomic E-state index is 0.182. The lowest BCUT2D eigenvalue weighted by Crippen LogP contribution is -2.16. The molecule has 4 nitrogen and oxygen atoms in total. The number of ketones is 1. The molecule has 0 amide bonds. The number of aromatic nitrogens is 2. The van der Waals surface area contributed by atoms with Crippen LogP contribution >= 0.6 is 11.3 Å². The van der Waals surface area contributed by atoms with E-state index < -0.39 is 0 Å². The van der Waals surface area contributed by atoms with Gasteiger partial charge in [0, 0.05) is 43.0 Å². The molecule has 31 heavy (non-hydrogen) atoms. The smallest absolute Gasteiger partial charge is 0.163 e. The van der Waals surface area contributed by atoms with E-state index in [4.69, 9.17) is 9.72 Å². The minimum Gasteiger partial charge on any atom is -0.384 e. The summed E-state index contributed by atoms with van der Waals surface area (Å²) in [7, 11) is 1.71. The molecule has 5 heteroatoms. The van der Waals surface area contributed by atoms with Crippen molar-refractivity contribution < 1.29 is 9.53 Å². The van der Waals surface area contributed by atoms with Crippen LogP contribution in [0.2, 0.25) is 0 Å². The number of nitrogens with zero attached hydrogens (tertiary/aromatic N) is 2. The van der Waals surface area contributed by atoms with E-state index in [2.05, 4.69) is 55.8 Å². The van der Waals surface area contributed by atoms with Gasteiger partial charge < -0.3 is 9.30 Å². The Labute approximate surface area is 190 Å². The predicted molar refractivity (Wildman–Crippen MR) is 130 cm³/mol. The van der Waals surface area contributed by atoms with Gasteiger partial charge in [0.05, 0.1) is 11.0 Å². The minimum absolute atomic E-state index is 0.182. The molecule has 3 rings (SSSR count). The number of benzene rings is 1. The molecule has 168 valence electrons. The molecule has 0 aliphatic heterocycles. The molecule has 0 radical (unpaired) electrons. The standard InChI is InChI=1S/C26H36N2O2S/c1-6-21(7-2)28-24-11-10-20(25(29)14-19(17-30-5)13-18(3)4)15-23(24)27-26(28)16-22-9-8-12-31-22/h8-12,15,18-19,21H,6-7,13-14,16-17H2,1-5H3/t19-/m1/s1. The number of carbonyl (C=O) groups excluding carboxylic acids is 1. The fraction of sp³-hybridized carbons (Fsp3) is 0.538. The average Bonchev–Trinajstić information content (AvgIpc) is 3.36. The van der Waals surface area contributed by atoms with Gasteiger partial charge >= 0.3 is 0 Å². The van der Waals surface area contributed by atoms with Crippen molar-refractivity contribution in [3.05, 3.63) is 52.0 Å². The summed E-state index contributed by atoms with van der Waals surface area (Å²) < 4.78 is 7.76. The Morgan fingerprint density at radius 1 is 1.19 bits per heavy atom. The molecule has 1 atom stereocenters. The number of Topliss-reactive ketones (excluding diaryl/α,β-unsaturated/α-hetero) is 1. The lowest BCUT2D eigenvalue weighted by atomic mass is 9.91. The quantitative estimate of drug-likeness (QED) is 0.287. The number of fused-ring (bicyclic) bond motifs is 1. The van der Waals surface area contributed by atoms with E-state index in [1.165, 1.54) is 4.88 Å². The largest absolute Gasteiger partial charge is 0.384 e. The SMILES string of the molecule is CCC(CC)n1c(Cc2cccs2)nc2cc(C(=O)C[C@H](COC)CC(C)C)ccc21. The van der Waals surface area contributed by atoms with Gasteiger partial charge in [-0.05, 0) is 60.7 Å². The van der Waals surface area contributed by atoms with Crippen LogP contribution in [0.5, 0.6) is 0 Å². The van der Waals surface area contributed by atoms with Crippen LogP contribution in [-0.2, 0) is 11.2 Å². The van der Waals surface area contributed by atoms with Crippen LogP contribution in [0, 0.1) is 11.8 Å². The third kappa shape index (κ3) is 5.83. The topological polar surface area (TPSA) is 44.1 Å². The maximum atomic E-state index is 13.1. The zero-order valence-corrected chi connectivity index (χ0v) is 20.4. The summed E-state index contributed by atoms with van der Waals surface area (Å²) in [4.78, 5) is 19.4. The van der Waals surface area contributed by atoms with Gasteiger partial charge in [-0.1, -0.05) is 33.8 Å². The molecule has 0 saturated carbocycles. The second kappa shape index (κ2) is 11.1. The van der Waals surface area contributed by atoms with Gasteiger partial charge in [-0.25, -0.2) is 4.98 Å². The van der Waals surface area contributed by atoms with Gasteiger partial charge in [0.15, 0.2) is 5.78 Å². The normalized spacial score (nSPS) is 12.9. The molecule has 0 unspecified atom stereocenters. The molecule has 0 fully saturated rings. The van der Waals surface area contributed by atoms with Gasteiger partial charge in [-0.15, -0.1) is 11.3 Å². The van der Waals surface area contributed by atoms with E-state index in [0.717, 1.165) is 48.1 Å². The van der Waals surface area contributed by atoms with Crippen LogP contribution < -0.4 is 0 Å². The lowest BCUT2D eigenvalue weighted by Gasteiger charge is -2.19. The molecule has 0 saturated heterocycles. The van der Waals surface area contributed by atoms with Crippen molar-refractivity contribution in [2.75, 3.05) is 13.7 Å². The summed E-state index contributed by atoms with van der Waals surface area (Å²) in [6, 6.07) is 10.8. The van der Waals surface area contributed by atoms with Gasteiger partial charge in [0.1, 0.15) is 5.82 Å². The van der Waals surface area contributed by atoms with E-state index in [9.17, 15) is 4.79 Å². The molecule has 0 N–H and O–H groups in total. The molecule has 3 aromatic rings. The van der Waals surface area contributed by atoms with Crippen LogP contribution in [0.25, 0.3) is 11.0 Å². The highest BCUT2D eigenvalue weighted by atomic mass is 32.1. The van der Waals surface area contributed by atoms with Crippen molar-refractivity contribution >= 4 is 28.2 Å². The first kappa shape index (κ1) is 23.7. The Morgan fingerprint density at radius 3 is 2.58 bits per heavy atom. The zero-order valence-electron chi connectivity index (χ0n) is 19.6. The van der Waals surface area contributed by atoms with Crippen molar-refractivity contribution in [3.63, 3.8) is 0 Å². The third-order valence-electron chi connectivity index (χ3n) is 5.99. The van der Waals surface area contributed by atoms with Crippen molar-refractivity contribution in [3.8, 4) is 0 Å². The summed E-state index contributed by atoms with van der Waals surface area (Å²) in [5, 5.41) is 2.11. The highest BCUT2D eigenvalue weighted by molar-refractivity contribution is 7.09. The van der Waals surface area contributed by atoms with Gasteiger partial charge in [0.25, 0.3) is 0 Å². The van der Waals surface area contributed by atoms with Gasteiger partial charge in [0.2, 0.25) is 0 Å². The molecular weight excluding hydrogens is 404 g/mol. The number of hydrogen-bond donors (Lipinski definition) is 0. The first-order chi connectivity index (χ1) is 15.0. The molecular formula is C26H36N2O2S. The Hall–Kier alpha value is -1.98. The monoisotopic (exact) mass is 440 g/mol. The third-order valence-corrected chi connectivity index (χ3v) is 6.86. The first-order valence-electron chi connectivity index (χ1n) is 11.5. The molecule has 0 aliphatic carbocycles. The molecule has 2 aromatic heterocycles. The van der Waals surface area contributed by atoms with Crippen molar-refractivity contribution in [2.24, 2.45) is 11.8 Å². The van der Waals surface area contributed by atoms with E-state index in [1.807, 2.05) is 12.1 Å². The van der Waals surface area contributed by atoms with Crippen molar-refractivity contribution in [2.45, 2.75) is 65.8 Å². The number of carbonyl (C=O) groups is 1. The number of rotatable bonds is 12. The second-order valence-corrected chi connectivity index (χ2v) is 9.94.